The van der Waals surface area contributed by atoms with Crippen LogP contribution in [0.1, 0.15) is 6.92 Å². The minimum absolute atomic E-state index is 0.516. The molecule has 0 saturated carbocycles. The highest BCUT2D eigenvalue weighted by Crippen LogP contribution is 2.14. The zero-order valence-electron chi connectivity index (χ0n) is 6.52. The number of alkyl halides is 3. The summed E-state index contributed by atoms with van der Waals surface area (Å²) in [5.74, 6) is -1.36. The molecule has 0 spiro atoms. The maximum atomic E-state index is 11.7. The van der Waals surface area contributed by atoms with Crippen LogP contribution in [-0.2, 0) is 0 Å². The maximum Gasteiger partial charge on any atom is 0.448 e. The van der Waals surface area contributed by atoms with E-state index in [2.05, 4.69) is 17.3 Å². The monoisotopic (exact) mass is 178 g/mol. The first kappa shape index (κ1) is 10.7. The zero-order chi connectivity index (χ0) is 9.78. The van der Waals surface area contributed by atoms with Gasteiger partial charge in [0.1, 0.15) is 0 Å². The Bertz CT molecular complexity index is 225. The molecule has 0 aromatic rings. The molecule has 0 radical (unpaired) electrons. The summed E-state index contributed by atoms with van der Waals surface area (Å²) in [5.41, 5.74) is 5.12. The van der Waals surface area contributed by atoms with Crippen LogP contribution in [0.25, 0.3) is 0 Å². The molecule has 2 N–H and O–H groups in total. The number of rotatable bonds is 2. The summed E-state index contributed by atoms with van der Waals surface area (Å²) in [6.07, 6.45) is -2.17. The Kier molecular flexibility index (Phi) is 3.53. The first-order chi connectivity index (χ1) is 5.38. The molecule has 0 aromatic heterocycles. The largest absolute Gasteiger partial charge is 0.448 e. The van der Waals surface area contributed by atoms with Crippen molar-refractivity contribution in [2.45, 2.75) is 13.1 Å². The first-order valence-corrected chi connectivity index (χ1v) is 3.07. The second kappa shape index (κ2) is 3.94. The lowest BCUT2D eigenvalue weighted by Crippen LogP contribution is -2.30. The summed E-state index contributed by atoms with van der Waals surface area (Å²) < 4.78 is 35.1. The summed E-state index contributed by atoms with van der Waals surface area (Å²) in [7, 11) is 0. The molecule has 5 heteroatoms. The minimum atomic E-state index is -4.56. The number of hydrogen-bond donors (Lipinski definition) is 1. The molecule has 0 aliphatic carbocycles. The van der Waals surface area contributed by atoms with Gasteiger partial charge in [0.2, 0.25) is 5.84 Å². The van der Waals surface area contributed by atoms with E-state index in [0.717, 1.165) is 6.20 Å². The van der Waals surface area contributed by atoms with Gasteiger partial charge in [-0.1, -0.05) is 12.7 Å². The van der Waals surface area contributed by atoms with E-state index in [1.807, 2.05) is 0 Å². The third-order valence-corrected chi connectivity index (χ3v) is 1.02. The molecule has 0 heterocycles. The van der Waals surface area contributed by atoms with Crippen LogP contribution in [0.5, 0.6) is 0 Å². The highest BCUT2D eigenvalue weighted by atomic mass is 19.4. The van der Waals surface area contributed by atoms with Crippen LogP contribution in [0.15, 0.2) is 29.4 Å². The van der Waals surface area contributed by atoms with Gasteiger partial charge in [0, 0.05) is 6.20 Å². The molecule has 12 heavy (non-hydrogen) atoms. The van der Waals surface area contributed by atoms with Gasteiger partial charge in [-0.25, -0.2) is 4.99 Å². The number of hydrogen-bond acceptors (Lipinski definition) is 1. The summed E-state index contributed by atoms with van der Waals surface area (Å²) in [5, 5.41) is 0. The normalized spacial score (nSPS) is 14.7. The van der Waals surface area contributed by atoms with Crippen LogP contribution in [0.2, 0.25) is 0 Å². The fourth-order valence-corrected chi connectivity index (χ4v) is 0.297. The molecule has 0 bridgehead atoms. The zero-order valence-corrected chi connectivity index (χ0v) is 6.52. The van der Waals surface area contributed by atoms with Crippen molar-refractivity contribution >= 4 is 5.84 Å². The van der Waals surface area contributed by atoms with E-state index in [1.165, 1.54) is 6.08 Å². The molecule has 0 amide bonds. The molecule has 0 rings (SSSR count). The van der Waals surface area contributed by atoms with Gasteiger partial charge in [-0.2, -0.15) is 13.2 Å². The average Bonchev–Trinajstić information content (AvgIpc) is 1.97. The quantitative estimate of drug-likeness (QED) is 0.392. The Labute approximate surface area is 68.3 Å². The molecule has 0 aliphatic heterocycles. The van der Waals surface area contributed by atoms with E-state index < -0.39 is 12.0 Å². The number of halogens is 3. The maximum absolute atomic E-state index is 11.7. The SMILES string of the molecule is C=C/C(C)=C\N=C(/N)C(F)(F)F. The van der Waals surface area contributed by atoms with E-state index in [9.17, 15) is 13.2 Å². The van der Waals surface area contributed by atoms with Crippen molar-refractivity contribution in [2.24, 2.45) is 10.7 Å². The van der Waals surface area contributed by atoms with Gasteiger partial charge < -0.3 is 5.73 Å². The topological polar surface area (TPSA) is 38.4 Å². The van der Waals surface area contributed by atoms with E-state index in [0.29, 0.717) is 5.57 Å². The fraction of sp³-hybridized carbons (Fsp3) is 0.286. The predicted molar refractivity (Wildman–Crippen MR) is 41.6 cm³/mol. The van der Waals surface area contributed by atoms with Crippen molar-refractivity contribution in [1.82, 2.24) is 0 Å². The molecule has 2 nitrogen and oxygen atoms in total. The molecular formula is C7H9F3N2. The Hall–Kier alpha value is -1.26. The second-order valence-corrected chi connectivity index (χ2v) is 2.09. The van der Waals surface area contributed by atoms with Crippen LogP contribution in [0.4, 0.5) is 13.2 Å². The number of amidine groups is 1. The lowest BCUT2D eigenvalue weighted by molar-refractivity contribution is -0.0598. The minimum Gasteiger partial charge on any atom is -0.380 e. The summed E-state index contributed by atoms with van der Waals surface area (Å²) in [4.78, 5) is 3.00. The molecule has 0 aliphatic rings. The van der Waals surface area contributed by atoms with E-state index >= 15 is 0 Å². The van der Waals surface area contributed by atoms with Crippen molar-refractivity contribution in [3.05, 3.63) is 24.4 Å². The van der Waals surface area contributed by atoms with E-state index in [1.54, 1.807) is 6.92 Å². The standard InChI is InChI=1S/C7H9F3N2/c1-3-5(2)4-12-6(11)7(8,9)10/h3-4H,1H2,2H3,(H2,11,12)/b5-4-. The third-order valence-electron chi connectivity index (χ3n) is 1.02. The third kappa shape index (κ3) is 3.80. The number of aliphatic imine (C=N–C) groups is 1. The predicted octanol–water partition coefficient (Wildman–Crippen LogP) is 2.00. The fourth-order valence-electron chi connectivity index (χ4n) is 0.297. The van der Waals surface area contributed by atoms with Crippen LogP contribution < -0.4 is 5.73 Å². The second-order valence-electron chi connectivity index (χ2n) is 2.09. The van der Waals surface area contributed by atoms with Crippen molar-refractivity contribution in [1.29, 1.82) is 0 Å². The lowest BCUT2D eigenvalue weighted by atomic mass is 10.3. The van der Waals surface area contributed by atoms with Crippen molar-refractivity contribution in [3.63, 3.8) is 0 Å². The number of nitrogens with two attached hydrogens (primary N) is 1. The van der Waals surface area contributed by atoms with Crippen molar-refractivity contribution < 1.29 is 13.2 Å². The Morgan fingerprint density at radius 3 is 2.33 bits per heavy atom. The van der Waals surface area contributed by atoms with Crippen LogP contribution in [-0.4, -0.2) is 12.0 Å². The van der Waals surface area contributed by atoms with Crippen molar-refractivity contribution in [3.8, 4) is 0 Å². The van der Waals surface area contributed by atoms with Gasteiger partial charge in [-0.3, -0.25) is 0 Å². The Morgan fingerprint density at radius 2 is 2.00 bits per heavy atom. The molecule has 0 aromatic carbocycles. The van der Waals surface area contributed by atoms with Crippen molar-refractivity contribution in [2.75, 3.05) is 0 Å². The molecule has 68 valence electrons. The Morgan fingerprint density at radius 1 is 1.50 bits per heavy atom. The van der Waals surface area contributed by atoms with Gasteiger partial charge in [0.05, 0.1) is 0 Å². The molecular weight excluding hydrogens is 169 g/mol. The molecule has 0 saturated heterocycles. The van der Waals surface area contributed by atoms with Gasteiger partial charge in [-0.15, -0.1) is 0 Å². The summed E-state index contributed by atoms with van der Waals surface area (Å²) in [6.45, 7) is 4.91. The van der Waals surface area contributed by atoms with Gasteiger partial charge in [0.25, 0.3) is 0 Å². The highest BCUT2D eigenvalue weighted by molar-refractivity contribution is 5.86. The average molecular weight is 178 g/mol. The summed E-state index contributed by atoms with van der Waals surface area (Å²) in [6, 6.07) is 0. The number of allylic oxidation sites excluding steroid dienone is 2. The number of nitrogens with zero attached hydrogens (tertiary/aromatic N) is 1. The van der Waals surface area contributed by atoms with Gasteiger partial charge in [0.15, 0.2) is 0 Å². The molecule has 0 unspecified atom stereocenters. The molecule has 0 atom stereocenters. The van der Waals surface area contributed by atoms with E-state index in [4.69, 9.17) is 0 Å². The van der Waals surface area contributed by atoms with Gasteiger partial charge >= 0.3 is 6.18 Å². The lowest BCUT2D eigenvalue weighted by Gasteiger charge is -2.02. The first-order valence-electron chi connectivity index (χ1n) is 3.07. The Balaban J connectivity index is 4.49. The highest BCUT2D eigenvalue weighted by Gasteiger charge is 2.32. The smallest absolute Gasteiger partial charge is 0.380 e. The van der Waals surface area contributed by atoms with Crippen LogP contribution in [0, 0.1) is 0 Å². The van der Waals surface area contributed by atoms with Gasteiger partial charge in [-0.05, 0) is 12.5 Å². The van der Waals surface area contributed by atoms with Crippen LogP contribution in [0.3, 0.4) is 0 Å². The molecule has 0 fully saturated rings. The van der Waals surface area contributed by atoms with Crippen LogP contribution >= 0.6 is 0 Å². The summed E-state index contributed by atoms with van der Waals surface area (Å²) >= 11 is 0. The van der Waals surface area contributed by atoms with E-state index in [-0.39, 0.29) is 0 Å².